The largest absolute Gasteiger partial charge is 0.510 e. The SMILES string of the molecule is [2H]c1c([2H])c([2H])c(-c2cc(-c3cccc(C(C)(C)C)c3)c(-[n+]3[c-]n(-c4[c-]c(Oc5[c-]c6c(cc5)c5ccccc5n6-c5cc(C([2H])([2H])[2H])c(-c6c([2H])c([2H])c([2H])c([2H])c6[2H])cn5)ccc4)c4cc(-c5cc(C(C)(C)C)cc(C(C)(C)C)c5)ccc43)c(-c3c([2H])c([2H])c([2H])c([2H])c3[2H])c2)c([2H])c1[2H].[Pt]. The molecule has 0 unspecified atom stereocenters. The summed E-state index contributed by atoms with van der Waals surface area (Å²) >= 11 is 0. The summed E-state index contributed by atoms with van der Waals surface area (Å²) in [6.07, 6.45) is 4.87. The van der Waals surface area contributed by atoms with Crippen molar-refractivity contribution in [3.63, 3.8) is 0 Å². The number of ether oxygens (including phenoxy) is 1. The molecule has 5 nitrogen and oxygen atoms in total. The van der Waals surface area contributed by atoms with Crippen LogP contribution in [0.2, 0.25) is 0 Å². The van der Waals surface area contributed by atoms with Gasteiger partial charge in [0.15, 0.2) is 0 Å². The Bertz CT molecular complexity index is 5580. The zero-order chi connectivity index (χ0) is 73.6. The first kappa shape index (κ1) is 38.9. The molecule has 3 aromatic heterocycles. The van der Waals surface area contributed by atoms with E-state index in [-0.39, 0.29) is 93.8 Å². The average Bonchev–Trinajstić information content (AvgIpc) is 1.63. The van der Waals surface area contributed by atoms with E-state index >= 15 is 0 Å². The molecule has 0 saturated carbocycles. The van der Waals surface area contributed by atoms with Crippen molar-refractivity contribution in [1.82, 2.24) is 14.1 Å². The van der Waals surface area contributed by atoms with E-state index in [1.807, 2.05) is 78.9 Å². The summed E-state index contributed by atoms with van der Waals surface area (Å²) in [5.41, 5.74) is 6.79. The summed E-state index contributed by atoms with van der Waals surface area (Å²) in [6.45, 7) is 16.3. The summed E-state index contributed by atoms with van der Waals surface area (Å²) < 4.78 is 172. The third-order valence-corrected chi connectivity index (χ3v) is 15.2. The first-order valence-corrected chi connectivity index (χ1v) is 27.7. The number of rotatable bonds is 10. The van der Waals surface area contributed by atoms with Crippen LogP contribution in [0.1, 0.15) is 109 Å². The second-order valence-corrected chi connectivity index (χ2v) is 24.1. The van der Waals surface area contributed by atoms with Gasteiger partial charge in [-0.05, 0) is 137 Å². The van der Waals surface area contributed by atoms with Crippen LogP contribution in [0.5, 0.6) is 11.5 Å². The van der Waals surface area contributed by atoms with Gasteiger partial charge in [0, 0.05) is 54.0 Å². The fourth-order valence-electron chi connectivity index (χ4n) is 10.7. The quantitative estimate of drug-likeness (QED) is 0.101. The number of aryl methyl sites for hydroxylation is 1. The zero-order valence-electron chi connectivity index (χ0n) is 66.3. The van der Waals surface area contributed by atoms with Crippen LogP contribution in [0.25, 0.3) is 106 Å². The van der Waals surface area contributed by atoms with Crippen molar-refractivity contribution < 1.29 is 55.0 Å². The van der Waals surface area contributed by atoms with Crippen LogP contribution >= 0.6 is 0 Å². The second kappa shape index (κ2) is 22.3. The summed E-state index contributed by atoms with van der Waals surface area (Å²) in [5, 5.41) is 1.47. The van der Waals surface area contributed by atoms with Gasteiger partial charge in [0.1, 0.15) is 5.82 Å². The van der Waals surface area contributed by atoms with Crippen LogP contribution in [-0.2, 0) is 37.3 Å². The number of hydrogen-bond donors (Lipinski definition) is 0. The molecule has 0 aliphatic carbocycles. The summed E-state index contributed by atoms with van der Waals surface area (Å²) in [5.74, 6) is 0.560. The minimum absolute atomic E-state index is 0. The predicted octanol–water partition coefficient (Wildman–Crippen LogP) is 20.1. The number of pyridine rings is 1. The number of benzene rings is 10. The van der Waals surface area contributed by atoms with Gasteiger partial charge in [-0.2, -0.15) is 18.2 Å². The minimum Gasteiger partial charge on any atom is -0.510 e. The topological polar surface area (TPSA) is 35.9 Å². The van der Waals surface area contributed by atoms with E-state index in [2.05, 4.69) is 99.0 Å². The Morgan fingerprint density at radius 3 is 1.75 bits per heavy atom. The van der Waals surface area contributed by atoms with Crippen LogP contribution < -0.4 is 9.30 Å². The number of hydrogen-bond acceptors (Lipinski definition) is 2. The number of nitrogens with zero attached hydrogens (tertiary/aromatic N) is 4. The van der Waals surface area contributed by atoms with Crippen molar-refractivity contribution in [2.24, 2.45) is 0 Å². The molecule has 422 valence electrons. The van der Waals surface area contributed by atoms with Crippen LogP contribution in [0, 0.1) is 25.3 Å². The molecule has 10 aromatic carbocycles. The molecule has 13 rings (SSSR count). The van der Waals surface area contributed by atoms with E-state index in [4.69, 9.17) is 28.9 Å². The maximum Gasteiger partial charge on any atom is 0.268 e. The third-order valence-electron chi connectivity index (χ3n) is 15.2. The van der Waals surface area contributed by atoms with Crippen LogP contribution in [0.15, 0.2) is 230 Å². The van der Waals surface area contributed by atoms with Crippen molar-refractivity contribution in [2.75, 3.05) is 0 Å². The molecule has 0 aliphatic heterocycles. The van der Waals surface area contributed by atoms with Crippen LogP contribution in [0.3, 0.4) is 0 Å². The number of aromatic nitrogens is 4. The molecule has 0 amide bonds. The number of fused-ring (bicyclic) bond motifs is 4. The fraction of sp³-hybridized carbons (Fsp3) is 0.165. The first-order chi connectivity index (χ1) is 47.8. The van der Waals surface area contributed by atoms with Crippen molar-refractivity contribution in [3.8, 4) is 84.3 Å². The van der Waals surface area contributed by atoms with Crippen molar-refractivity contribution >= 4 is 32.8 Å². The van der Waals surface area contributed by atoms with Crippen LogP contribution in [-0.4, -0.2) is 14.1 Å². The van der Waals surface area contributed by atoms with Gasteiger partial charge < -0.3 is 13.9 Å². The van der Waals surface area contributed by atoms with Gasteiger partial charge in [-0.25, -0.2) is 4.98 Å². The van der Waals surface area contributed by atoms with Crippen molar-refractivity contribution in [2.45, 2.75) is 85.4 Å². The first-order valence-electron chi connectivity index (χ1n) is 36.7. The zero-order valence-corrected chi connectivity index (χ0v) is 50.6. The smallest absolute Gasteiger partial charge is 0.268 e. The Balaban J connectivity index is 0.00001000. The minimum atomic E-state index is -2.85. The van der Waals surface area contributed by atoms with E-state index in [0.717, 1.165) is 33.2 Å². The predicted molar refractivity (Wildman–Crippen MR) is 348 cm³/mol. The molecule has 0 radical (unpaired) electrons. The maximum absolute atomic E-state index is 9.64. The van der Waals surface area contributed by atoms with Crippen molar-refractivity contribution in [3.05, 3.63) is 271 Å². The molecular weight excluding hydrogens is 1220 g/mol. The Morgan fingerprint density at radius 1 is 0.482 bits per heavy atom. The molecule has 0 fully saturated rings. The van der Waals surface area contributed by atoms with E-state index < -0.39 is 103 Å². The van der Waals surface area contributed by atoms with Gasteiger partial charge in [0.25, 0.3) is 6.33 Å². The molecule has 0 aliphatic rings. The molecule has 0 bridgehead atoms. The second-order valence-electron chi connectivity index (χ2n) is 24.1. The van der Waals surface area contributed by atoms with Gasteiger partial charge in [0.05, 0.1) is 37.3 Å². The van der Waals surface area contributed by atoms with Gasteiger partial charge in [-0.1, -0.05) is 231 Å². The van der Waals surface area contributed by atoms with Gasteiger partial charge in [0.2, 0.25) is 0 Å². The molecule has 0 N–H and O–H groups in total. The monoisotopic (exact) mass is 1300 g/mol. The summed E-state index contributed by atoms with van der Waals surface area (Å²) in [7, 11) is 0. The molecular formula is C79H68N4OPt-2. The van der Waals surface area contributed by atoms with E-state index in [9.17, 15) is 5.48 Å². The van der Waals surface area contributed by atoms with Crippen molar-refractivity contribution in [1.29, 1.82) is 0 Å². The Morgan fingerprint density at radius 2 is 1.08 bits per heavy atom. The molecule has 0 spiro atoms. The van der Waals surface area contributed by atoms with Gasteiger partial charge in [-0.3, -0.25) is 4.57 Å². The molecule has 13 aromatic rings. The molecule has 0 atom stereocenters. The standard InChI is InChI=1S/C79H68N4O.Pt/c1-52-40-75(80-50-70(52)55-28-18-13-19-29-55)83-71-35-21-20-34-66(71)67-38-37-65(49-73(67)83)84-64-33-23-32-63(48-64)81-51-82(72-39-36-56(46-74(72)81)58-42-61(78(5,6)7)47-62(43-58)79(8,9)10)76-68(54-26-16-12-17-27-54)44-59(53-24-14-11-15-25-53)45-69(76)57-30-22-31-60(41-57)77(2,3)4;/h11-47,50H,1-10H3;/q-2;/i1D3,11D,12D,13D,14D,15D,16D,17D,18D,19D,24D,25D,26D,27D,28D,29D;. The third kappa shape index (κ3) is 11.0. The molecule has 0 saturated heterocycles. The summed E-state index contributed by atoms with van der Waals surface area (Å²) in [4.78, 5) is 4.73. The maximum atomic E-state index is 9.64. The Labute approximate surface area is 540 Å². The van der Waals surface area contributed by atoms with E-state index in [1.54, 1.807) is 38.0 Å². The summed E-state index contributed by atoms with van der Waals surface area (Å²) in [6, 6.07) is 39.3. The molecule has 85 heavy (non-hydrogen) atoms. The normalized spacial score (nSPS) is 15.2. The van der Waals surface area contributed by atoms with E-state index in [0.29, 0.717) is 44.3 Å². The van der Waals surface area contributed by atoms with Crippen LogP contribution in [0.4, 0.5) is 0 Å². The number of para-hydroxylation sites is 1. The molecule has 3 heterocycles. The van der Waals surface area contributed by atoms with Gasteiger partial charge in [-0.15, -0.1) is 29.7 Å². The van der Waals surface area contributed by atoms with Gasteiger partial charge >= 0.3 is 0 Å². The Hall–Kier alpha value is -8.89. The fourth-order valence-corrected chi connectivity index (χ4v) is 10.7. The number of imidazole rings is 1. The molecule has 6 heteroatoms. The average molecular weight is 1300 g/mol. The Kier molecular flexibility index (Phi) is 10.2. The van der Waals surface area contributed by atoms with E-state index in [1.165, 1.54) is 18.3 Å².